The van der Waals surface area contributed by atoms with Gasteiger partial charge in [-0.25, -0.2) is 4.39 Å². The van der Waals surface area contributed by atoms with E-state index in [1.807, 2.05) is 0 Å². The van der Waals surface area contributed by atoms with Crippen molar-refractivity contribution >= 4 is 40.9 Å². The molecule has 3 rings (SSSR count). The van der Waals surface area contributed by atoms with Gasteiger partial charge in [0.25, 0.3) is 0 Å². The molecule has 142 valence electrons. The zero-order valence-electron chi connectivity index (χ0n) is 14.6. The molecule has 0 aromatic heterocycles. The highest BCUT2D eigenvalue weighted by Crippen LogP contribution is 2.26. The fraction of sp³-hybridized carbons (Fsp3) is 0.263. The van der Waals surface area contributed by atoms with E-state index in [1.165, 1.54) is 28.8 Å². The summed E-state index contributed by atoms with van der Waals surface area (Å²) in [6, 6.07) is 10.6. The molecular weight excluding hydrogens is 391 g/mol. The van der Waals surface area contributed by atoms with Crippen molar-refractivity contribution < 1.29 is 18.7 Å². The predicted molar refractivity (Wildman–Crippen MR) is 105 cm³/mol. The number of rotatable bonds is 5. The first kappa shape index (κ1) is 19.5. The second-order valence-electron chi connectivity index (χ2n) is 5.97. The van der Waals surface area contributed by atoms with Crippen LogP contribution >= 0.6 is 23.4 Å². The van der Waals surface area contributed by atoms with Gasteiger partial charge < -0.3 is 15.0 Å². The van der Waals surface area contributed by atoms with Gasteiger partial charge in [-0.1, -0.05) is 17.7 Å². The fourth-order valence-corrected chi connectivity index (χ4v) is 4.17. The van der Waals surface area contributed by atoms with Crippen molar-refractivity contribution in [2.24, 2.45) is 0 Å². The maximum atomic E-state index is 14.0. The van der Waals surface area contributed by atoms with Gasteiger partial charge in [0.05, 0.1) is 19.4 Å². The molecule has 5 nitrogen and oxygen atoms in total. The van der Waals surface area contributed by atoms with Crippen molar-refractivity contribution in [3.05, 3.63) is 58.9 Å². The van der Waals surface area contributed by atoms with Gasteiger partial charge in [0.2, 0.25) is 11.8 Å². The van der Waals surface area contributed by atoms with Crippen molar-refractivity contribution in [1.29, 1.82) is 0 Å². The largest absolute Gasteiger partial charge is 0.497 e. The lowest BCUT2D eigenvalue weighted by molar-refractivity contribution is -0.135. The topological polar surface area (TPSA) is 58.6 Å². The number of hydrogen-bond donors (Lipinski definition) is 1. The number of ether oxygens (including phenoxy) is 1. The van der Waals surface area contributed by atoms with Crippen molar-refractivity contribution in [2.45, 2.75) is 12.5 Å². The molecule has 1 unspecified atom stereocenters. The summed E-state index contributed by atoms with van der Waals surface area (Å²) in [5.41, 5.74) is 0.762. The Labute approximate surface area is 165 Å². The highest BCUT2D eigenvalue weighted by Gasteiger charge is 2.35. The number of carbonyl (C=O) groups excluding carboxylic acids is 2. The molecule has 1 heterocycles. The normalized spacial score (nSPS) is 16.3. The summed E-state index contributed by atoms with van der Waals surface area (Å²) in [7, 11) is 1.56. The number of nitrogens with one attached hydrogen (secondary N) is 1. The molecule has 8 heteroatoms. The van der Waals surface area contributed by atoms with Gasteiger partial charge in [0, 0.05) is 22.0 Å². The van der Waals surface area contributed by atoms with Crippen LogP contribution in [0.1, 0.15) is 5.56 Å². The third-order valence-electron chi connectivity index (χ3n) is 4.25. The molecule has 2 amide bonds. The first-order valence-electron chi connectivity index (χ1n) is 8.24. The summed E-state index contributed by atoms with van der Waals surface area (Å²) in [5, 5.41) is 3.01. The van der Waals surface area contributed by atoms with Gasteiger partial charge >= 0.3 is 0 Å². The fourth-order valence-electron chi connectivity index (χ4n) is 2.76. The van der Waals surface area contributed by atoms with Gasteiger partial charge in [0.15, 0.2) is 0 Å². The Bertz CT molecular complexity index is 827. The smallest absolute Gasteiger partial charge is 0.248 e. The minimum atomic E-state index is -0.616. The maximum Gasteiger partial charge on any atom is 0.248 e. The zero-order chi connectivity index (χ0) is 19.4. The van der Waals surface area contributed by atoms with E-state index in [4.69, 9.17) is 16.3 Å². The van der Waals surface area contributed by atoms with Gasteiger partial charge in [0.1, 0.15) is 17.6 Å². The Kier molecular flexibility index (Phi) is 6.23. The monoisotopic (exact) mass is 408 g/mol. The number of nitrogens with zero attached hydrogens (tertiary/aromatic N) is 1. The molecule has 0 bridgehead atoms. The molecule has 1 aliphatic rings. The van der Waals surface area contributed by atoms with E-state index in [0.717, 1.165) is 0 Å². The first-order valence-corrected chi connectivity index (χ1v) is 9.78. The van der Waals surface area contributed by atoms with Gasteiger partial charge in [-0.15, -0.1) is 11.8 Å². The minimum Gasteiger partial charge on any atom is -0.497 e. The summed E-state index contributed by atoms with van der Waals surface area (Å²) in [5.74, 6) is 0.412. The van der Waals surface area contributed by atoms with E-state index in [2.05, 4.69) is 5.32 Å². The lowest BCUT2D eigenvalue weighted by Gasteiger charge is -2.23. The van der Waals surface area contributed by atoms with Crippen LogP contribution in [-0.2, 0) is 16.0 Å². The molecule has 1 saturated heterocycles. The van der Waals surface area contributed by atoms with Gasteiger partial charge in [-0.2, -0.15) is 0 Å². The molecule has 1 aliphatic heterocycles. The van der Waals surface area contributed by atoms with Crippen molar-refractivity contribution in [1.82, 2.24) is 4.90 Å². The number of methoxy groups -OCH3 is 1. The summed E-state index contributed by atoms with van der Waals surface area (Å²) >= 11 is 7.49. The van der Waals surface area contributed by atoms with Gasteiger partial charge in [-0.3, -0.25) is 9.59 Å². The van der Waals surface area contributed by atoms with Crippen LogP contribution in [0.3, 0.4) is 0 Å². The maximum absolute atomic E-state index is 14.0. The summed E-state index contributed by atoms with van der Waals surface area (Å²) in [6.45, 7) is 0. The number of halogens is 2. The number of thioether (sulfide) groups is 1. The Morgan fingerprint density at radius 1 is 1.30 bits per heavy atom. The molecule has 0 aliphatic carbocycles. The van der Waals surface area contributed by atoms with Crippen LogP contribution in [0.4, 0.5) is 10.1 Å². The number of amides is 2. The molecule has 2 aromatic carbocycles. The van der Waals surface area contributed by atoms with Crippen LogP contribution in [0, 0.1) is 5.82 Å². The molecule has 2 aromatic rings. The SMILES string of the molecule is COc1ccc(NC(=O)C2CSCN2C(=O)Cc2c(F)cccc2Cl)cc1. The van der Waals surface area contributed by atoms with Crippen LogP contribution < -0.4 is 10.1 Å². The Balaban J connectivity index is 1.68. The van der Waals surface area contributed by atoms with E-state index in [-0.39, 0.29) is 28.8 Å². The van der Waals surface area contributed by atoms with E-state index in [0.29, 0.717) is 23.1 Å². The Morgan fingerprint density at radius 2 is 2.04 bits per heavy atom. The van der Waals surface area contributed by atoms with Crippen LogP contribution in [0.15, 0.2) is 42.5 Å². The van der Waals surface area contributed by atoms with E-state index in [9.17, 15) is 14.0 Å². The number of hydrogen-bond acceptors (Lipinski definition) is 4. The molecule has 0 saturated carbocycles. The molecule has 1 fully saturated rings. The van der Waals surface area contributed by atoms with Crippen LogP contribution in [0.2, 0.25) is 5.02 Å². The summed E-state index contributed by atoms with van der Waals surface area (Å²) in [4.78, 5) is 26.7. The number of anilines is 1. The average Bonchev–Trinajstić information content (AvgIpc) is 3.15. The van der Waals surface area contributed by atoms with Gasteiger partial charge in [-0.05, 0) is 36.4 Å². The molecule has 0 radical (unpaired) electrons. The zero-order valence-corrected chi connectivity index (χ0v) is 16.1. The van der Waals surface area contributed by atoms with Crippen LogP contribution in [-0.4, -0.2) is 41.5 Å². The third-order valence-corrected chi connectivity index (χ3v) is 5.62. The lowest BCUT2D eigenvalue weighted by Crippen LogP contribution is -2.45. The quantitative estimate of drug-likeness (QED) is 0.821. The second kappa shape index (κ2) is 8.63. The molecular formula is C19H18ClFN2O3S. The summed E-state index contributed by atoms with van der Waals surface area (Å²) < 4.78 is 19.0. The molecule has 1 N–H and O–H groups in total. The summed E-state index contributed by atoms with van der Waals surface area (Å²) in [6.07, 6.45) is -0.182. The minimum absolute atomic E-state index is 0.148. The van der Waals surface area contributed by atoms with E-state index in [1.54, 1.807) is 37.4 Å². The standard InChI is InChI=1S/C19H18ClFN2O3S/c1-26-13-7-5-12(6-8-13)22-19(25)17-10-27-11-23(17)18(24)9-14-15(20)3-2-4-16(14)21/h2-8,17H,9-11H2,1H3,(H,22,25). The Morgan fingerprint density at radius 3 is 2.70 bits per heavy atom. The highest BCUT2D eigenvalue weighted by molar-refractivity contribution is 7.99. The van der Waals surface area contributed by atoms with Crippen molar-refractivity contribution in [3.8, 4) is 5.75 Å². The molecule has 0 spiro atoms. The highest BCUT2D eigenvalue weighted by atomic mass is 35.5. The lowest BCUT2D eigenvalue weighted by atomic mass is 10.1. The predicted octanol–water partition coefficient (Wildman–Crippen LogP) is 3.57. The molecule has 1 atom stereocenters. The number of carbonyl (C=O) groups is 2. The van der Waals surface area contributed by atoms with E-state index < -0.39 is 11.9 Å². The third kappa shape index (κ3) is 4.54. The second-order valence-corrected chi connectivity index (χ2v) is 7.38. The Hall–Kier alpha value is -2.25. The van der Waals surface area contributed by atoms with Crippen molar-refractivity contribution in [3.63, 3.8) is 0 Å². The van der Waals surface area contributed by atoms with Crippen molar-refractivity contribution in [2.75, 3.05) is 24.1 Å². The number of benzene rings is 2. The first-order chi connectivity index (χ1) is 13.0. The molecule has 27 heavy (non-hydrogen) atoms. The average molecular weight is 409 g/mol. The van der Waals surface area contributed by atoms with Crippen LogP contribution in [0.5, 0.6) is 5.75 Å². The van der Waals surface area contributed by atoms with Crippen LogP contribution in [0.25, 0.3) is 0 Å². The van der Waals surface area contributed by atoms with E-state index >= 15 is 0 Å².